The van der Waals surface area contributed by atoms with Crippen molar-refractivity contribution in [2.75, 3.05) is 6.61 Å². The SMILES string of the molecule is N[C@@H]1CC[C@@H](c2nnc(-c3ccnc(C(F)(F)F)c3)o2)OC1. The van der Waals surface area contributed by atoms with Crippen LogP contribution in [0.25, 0.3) is 11.5 Å². The van der Waals surface area contributed by atoms with Crippen LogP contribution in [-0.2, 0) is 10.9 Å². The van der Waals surface area contributed by atoms with E-state index in [9.17, 15) is 13.2 Å². The van der Waals surface area contributed by atoms with Crippen molar-refractivity contribution in [1.29, 1.82) is 0 Å². The second-order valence-corrected chi connectivity index (χ2v) is 5.03. The fourth-order valence-electron chi connectivity index (χ4n) is 2.17. The highest BCUT2D eigenvalue weighted by Crippen LogP contribution is 2.32. The third kappa shape index (κ3) is 3.09. The van der Waals surface area contributed by atoms with E-state index < -0.39 is 11.9 Å². The molecule has 0 radical (unpaired) electrons. The highest BCUT2D eigenvalue weighted by molar-refractivity contribution is 5.52. The van der Waals surface area contributed by atoms with Crippen LogP contribution in [0.4, 0.5) is 13.2 Å². The first kappa shape index (κ1) is 14.9. The quantitative estimate of drug-likeness (QED) is 0.915. The minimum atomic E-state index is -4.53. The molecule has 1 aliphatic heterocycles. The summed E-state index contributed by atoms with van der Waals surface area (Å²) in [5.41, 5.74) is 4.87. The fraction of sp³-hybridized carbons (Fsp3) is 0.462. The third-order valence-electron chi connectivity index (χ3n) is 3.32. The molecule has 3 rings (SSSR count). The van der Waals surface area contributed by atoms with Crippen molar-refractivity contribution >= 4 is 0 Å². The van der Waals surface area contributed by atoms with Crippen molar-refractivity contribution < 1.29 is 22.3 Å². The van der Waals surface area contributed by atoms with Crippen LogP contribution >= 0.6 is 0 Å². The zero-order valence-corrected chi connectivity index (χ0v) is 11.4. The van der Waals surface area contributed by atoms with E-state index in [0.717, 1.165) is 18.7 Å². The first-order valence-electron chi connectivity index (χ1n) is 6.67. The summed E-state index contributed by atoms with van der Waals surface area (Å²) in [4.78, 5) is 3.29. The highest BCUT2D eigenvalue weighted by Gasteiger charge is 2.33. The lowest BCUT2D eigenvalue weighted by atomic mass is 10.1. The number of rotatable bonds is 2. The second-order valence-electron chi connectivity index (χ2n) is 5.03. The van der Waals surface area contributed by atoms with Crippen molar-refractivity contribution in [3.05, 3.63) is 29.9 Å². The lowest BCUT2D eigenvalue weighted by molar-refractivity contribution is -0.141. The molecule has 0 unspecified atom stereocenters. The largest absolute Gasteiger partial charge is 0.433 e. The normalized spacial score (nSPS) is 22.7. The first-order chi connectivity index (χ1) is 10.4. The fourth-order valence-corrected chi connectivity index (χ4v) is 2.17. The molecule has 22 heavy (non-hydrogen) atoms. The zero-order valence-electron chi connectivity index (χ0n) is 11.4. The molecule has 2 N–H and O–H groups in total. The smallest absolute Gasteiger partial charge is 0.418 e. The summed E-state index contributed by atoms with van der Waals surface area (Å²) in [6.07, 6.45) is -2.45. The van der Waals surface area contributed by atoms with Crippen molar-refractivity contribution in [3.63, 3.8) is 0 Å². The van der Waals surface area contributed by atoms with Gasteiger partial charge in [0.1, 0.15) is 11.8 Å². The minimum absolute atomic E-state index is 0.00127. The van der Waals surface area contributed by atoms with E-state index in [-0.39, 0.29) is 29.5 Å². The van der Waals surface area contributed by atoms with Crippen LogP contribution < -0.4 is 5.73 Å². The van der Waals surface area contributed by atoms with Crippen molar-refractivity contribution in [1.82, 2.24) is 15.2 Å². The molecule has 3 heterocycles. The van der Waals surface area contributed by atoms with Gasteiger partial charge in [-0.1, -0.05) is 0 Å². The highest BCUT2D eigenvalue weighted by atomic mass is 19.4. The average Bonchev–Trinajstić information content (AvgIpc) is 2.97. The summed E-state index contributed by atoms with van der Waals surface area (Å²) in [7, 11) is 0. The average molecular weight is 314 g/mol. The summed E-state index contributed by atoms with van der Waals surface area (Å²) < 4.78 is 48.9. The molecule has 118 valence electrons. The van der Waals surface area contributed by atoms with Gasteiger partial charge in [-0.05, 0) is 25.0 Å². The Hall–Kier alpha value is -2.00. The maximum Gasteiger partial charge on any atom is 0.433 e. The molecule has 1 saturated heterocycles. The van der Waals surface area contributed by atoms with Gasteiger partial charge in [-0.3, -0.25) is 4.98 Å². The van der Waals surface area contributed by atoms with Gasteiger partial charge < -0.3 is 14.9 Å². The molecular formula is C13H13F3N4O2. The Morgan fingerprint density at radius 2 is 2.05 bits per heavy atom. The van der Waals surface area contributed by atoms with E-state index in [1.54, 1.807) is 0 Å². The van der Waals surface area contributed by atoms with Gasteiger partial charge in [0.2, 0.25) is 11.8 Å². The third-order valence-corrected chi connectivity index (χ3v) is 3.32. The summed E-state index contributed by atoms with van der Waals surface area (Å²) >= 11 is 0. The molecule has 6 nitrogen and oxygen atoms in total. The van der Waals surface area contributed by atoms with E-state index in [1.807, 2.05) is 0 Å². The Kier molecular flexibility index (Phi) is 3.83. The molecule has 0 bridgehead atoms. The van der Waals surface area contributed by atoms with Crippen molar-refractivity contribution in [3.8, 4) is 11.5 Å². The van der Waals surface area contributed by atoms with Gasteiger partial charge in [0.25, 0.3) is 0 Å². The zero-order chi connectivity index (χ0) is 15.7. The molecule has 0 aromatic carbocycles. The first-order valence-corrected chi connectivity index (χ1v) is 6.67. The Labute approximate surface area is 123 Å². The summed E-state index contributed by atoms with van der Waals surface area (Å²) in [6, 6.07) is 2.23. The molecule has 0 spiro atoms. The Balaban J connectivity index is 1.82. The number of ether oxygens (including phenoxy) is 1. The van der Waals surface area contributed by atoms with Gasteiger partial charge in [0.05, 0.1) is 6.61 Å². The molecule has 0 aliphatic carbocycles. The standard InChI is InChI=1S/C13H13F3N4O2/c14-13(15,16)10-5-7(3-4-18-10)11-19-20-12(22-11)9-2-1-8(17)6-21-9/h3-5,8-9H,1-2,6,17H2/t8-,9+/m1/s1. The van der Waals surface area contributed by atoms with Gasteiger partial charge in [-0.15, -0.1) is 10.2 Å². The molecule has 0 amide bonds. The number of halogens is 3. The van der Waals surface area contributed by atoms with Crippen LogP contribution in [0.5, 0.6) is 0 Å². The van der Waals surface area contributed by atoms with Gasteiger partial charge in [0.15, 0.2) is 0 Å². The van der Waals surface area contributed by atoms with Crippen molar-refractivity contribution in [2.24, 2.45) is 5.73 Å². The van der Waals surface area contributed by atoms with Gasteiger partial charge in [-0.25, -0.2) is 0 Å². The molecule has 2 aromatic heterocycles. The molecule has 1 aliphatic rings. The molecule has 1 fully saturated rings. The molecule has 2 aromatic rings. The number of pyridine rings is 1. The van der Waals surface area contributed by atoms with Crippen LogP contribution in [-0.4, -0.2) is 27.8 Å². The van der Waals surface area contributed by atoms with Gasteiger partial charge in [0, 0.05) is 17.8 Å². The maximum atomic E-state index is 12.7. The Morgan fingerprint density at radius 3 is 2.73 bits per heavy atom. The predicted octanol–water partition coefficient (Wildman–Crippen LogP) is 2.33. The maximum absolute atomic E-state index is 12.7. The van der Waals surface area contributed by atoms with Gasteiger partial charge >= 0.3 is 6.18 Å². The van der Waals surface area contributed by atoms with E-state index >= 15 is 0 Å². The Bertz CT molecular complexity index is 651. The molecule has 9 heteroatoms. The summed E-state index contributed by atoms with van der Waals surface area (Å²) in [5, 5.41) is 7.63. The lowest BCUT2D eigenvalue weighted by Crippen LogP contribution is -2.32. The number of hydrogen-bond donors (Lipinski definition) is 1. The molecule has 2 atom stereocenters. The molecular weight excluding hydrogens is 301 g/mol. The topological polar surface area (TPSA) is 87.1 Å². The number of nitrogens with zero attached hydrogens (tertiary/aromatic N) is 3. The summed E-state index contributed by atoms with van der Waals surface area (Å²) in [5.74, 6) is 0.244. The van der Waals surface area contributed by atoms with Crippen LogP contribution in [0.2, 0.25) is 0 Å². The van der Waals surface area contributed by atoms with E-state index in [2.05, 4.69) is 15.2 Å². The lowest BCUT2D eigenvalue weighted by Gasteiger charge is -2.24. The van der Waals surface area contributed by atoms with Crippen LogP contribution in [0.15, 0.2) is 22.7 Å². The number of alkyl halides is 3. The minimum Gasteiger partial charge on any atom is -0.418 e. The molecule has 0 saturated carbocycles. The van der Waals surface area contributed by atoms with E-state index in [4.69, 9.17) is 14.9 Å². The van der Waals surface area contributed by atoms with Crippen LogP contribution in [0.3, 0.4) is 0 Å². The Morgan fingerprint density at radius 1 is 1.23 bits per heavy atom. The monoisotopic (exact) mass is 314 g/mol. The summed E-state index contributed by atoms with van der Waals surface area (Å²) in [6.45, 7) is 0.385. The number of aromatic nitrogens is 3. The second kappa shape index (κ2) is 5.65. The van der Waals surface area contributed by atoms with E-state index in [1.165, 1.54) is 6.07 Å². The van der Waals surface area contributed by atoms with Crippen LogP contribution in [0, 0.1) is 0 Å². The number of nitrogens with two attached hydrogens (primary N) is 1. The van der Waals surface area contributed by atoms with E-state index in [0.29, 0.717) is 13.0 Å². The van der Waals surface area contributed by atoms with Crippen molar-refractivity contribution in [2.45, 2.75) is 31.2 Å². The predicted molar refractivity (Wildman–Crippen MR) is 68.4 cm³/mol. The van der Waals surface area contributed by atoms with Gasteiger partial charge in [-0.2, -0.15) is 13.2 Å². The van der Waals surface area contributed by atoms with Crippen LogP contribution in [0.1, 0.15) is 30.5 Å². The number of hydrogen-bond acceptors (Lipinski definition) is 6.